The summed E-state index contributed by atoms with van der Waals surface area (Å²) in [6, 6.07) is 20.2. The first kappa shape index (κ1) is 22.5. The number of ether oxygens (including phenoxy) is 1. The van der Waals surface area contributed by atoms with Gasteiger partial charge in [0.1, 0.15) is 12.4 Å². The summed E-state index contributed by atoms with van der Waals surface area (Å²) in [7, 11) is 0. The van der Waals surface area contributed by atoms with Crippen LogP contribution < -0.4 is 10.1 Å². The van der Waals surface area contributed by atoms with Gasteiger partial charge in [-0.3, -0.25) is 4.79 Å². The molecule has 170 valence electrons. The molecule has 0 bridgehead atoms. The number of hydrogen-bond acceptors (Lipinski definition) is 3. The second kappa shape index (κ2) is 10.3. The number of aromatic nitrogens is 2. The molecule has 2 unspecified atom stereocenters. The number of rotatable bonds is 9. The predicted octanol–water partition coefficient (Wildman–Crippen LogP) is 5.49. The summed E-state index contributed by atoms with van der Waals surface area (Å²) in [4.78, 5) is 17.4. The zero-order chi connectivity index (χ0) is 23.2. The second-order valence-electron chi connectivity index (χ2n) is 8.21. The Kier molecular flexibility index (Phi) is 7.03. The van der Waals surface area contributed by atoms with Gasteiger partial charge in [-0.15, -0.1) is 0 Å². The Bertz CT molecular complexity index is 1220. The van der Waals surface area contributed by atoms with Crippen LogP contribution in [0.2, 0.25) is 0 Å². The summed E-state index contributed by atoms with van der Waals surface area (Å²) in [5.41, 5.74) is 3.25. The van der Waals surface area contributed by atoms with Gasteiger partial charge in [-0.1, -0.05) is 49.4 Å². The molecule has 0 saturated carbocycles. The molecule has 2 aromatic carbocycles. The third-order valence-electron chi connectivity index (χ3n) is 5.78. The number of carbonyl (C=O) groups excluding carboxylic acids is 1. The van der Waals surface area contributed by atoms with Crippen molar-refractivity contribution in [1.82, 2.24) is 14.7 Å². The lowest BCUT2D eigenvalue weighted by molar-refractivity contribution is -0.121. The maximum Gasteiger partial charge on any atom is 0.221 e. The number of halogens is 1. The van der Waals surface area contributed by atoms with E-state index in [1.54, 1.807) is 12.3 Å². The van der Waals surface area contributed by atoms with Gasteiger partial charge in [0.05, 0.1) is 5.69 Å². The molecule has 2 heterocycles. The number of nitrogens with zero attached hydrogens (tertiary/aromatic N) is 2. The Morgan fingerprint density at radius 1 is 1.12 bits per heavy atom. The molecule has 0 saturated heterocycles. The number of imidazole rings is 1. The maximum absolute atomic E-state index is 14.1. The van der Waals surface area contributed by atoms with E-state index in [1.807, 2.05) is 73.0 Å². The molecule has 0 aliphatic heterocycles. The average Bonchev–Trinajstić information content (AvgIpc) is 3.26. The molecular weight excluding hydrogens is 417 g/mol. The third kappa shape index (κ3) is 5.40. The van der Waals surface area contributed by atoms with Gasteiger partial charge in [-0.2, -0.15) is 0 Å². The molecule has 2 aromatic heterocycles. The van der Waals surface area contributed by atoms with E-state index in [1.165, 1.54) is 12.1 Å². The number of carbonyl (C=O) groups is 1. The van der Waals surface area contributed by atoms with E-state index in [2.05, 4.69) is 10.3 Å². The molecule has 5 nitrogen and oxygen atoms in total. The van der Waals surface area contributed by atoms with Crippen LogP contribution in [0.3, 0.4) is 0 Å². The van der Waals surface area contributed by atoms with Crippen molar-refractivity contribution in [2.45, 2.75) is 45.3 Å². The van der Waals surface area contributed by atoms with E-state index >= 15 is 0 Å². The number of pyridine rings is 1. The summed E-state index contributed by atoms with van der Waals surface area (Å²) < 4.78 is 22.0. The molecule has 0 radical (unpaired) electrons. The zero-order valence-electron chi connectivity index (χ0n) is 18.9. The summed E-state index contributed by atoms with van der Waals surface area (Å²) in [5, 5.41) is 3.02. The first-order valence-corrected chi connectivity index (χ1v) is 11.2. The highest BCUT2D eigenvalue weighted by Gasteiger charge is 2.23. The fraction of sp³-hybridized carbons (Fsp3) is 0.259. The first-order chi connectivity index (χ1) is 16.0. The van der Waals surface area contributed by atoms with E-state index in [0.29, 0.717) is 18.0 Å². The van der Waals surface area contributed by atoms with Crippen molar-refractivity contribution in [3.8, 4) is 5.75 Å². The van der Waals surface area contributed by atoms with E-state index in [9.17, 15) is 9.18 Å². The molecule has 4 rings (SSSR count). The van der Waals surface area contributed by atoms with Gasteiger partial charge in [-0.25, -0.2) is 9.37 Å². The molecule has 0 aliphatic carbocycles. The molecule has 33 heavy (non-hydrogen) atoms. The molecule has 4 aromatic rings. The monoisotopic (exact) mass is 445 g/mol. The third-order valence-corrected chi connectivity index (χ3v) is 5.78. The molecule has 1 amide bonds. The number of benzene rings is 2. The largest absolute Gasteiger partial charge is 0.485 e. The van der Waals surface area contributed by atoms with Crippen molar-refractivity contribution in [1.29, 1.82) is 0 Å². The topological polar surface area (TPSA) is 55.6 Å². The van der Waals surface area contributed by atoms with E-state index in [4.69, 9.17) is 4.74 Å². The normalized spacial score (nSPS) is 12.9. The number of fused-ring (bicyclic) bond motifs is 1. The minimum Gasteiger partial charge on any atom is -0.485 e. The predicted molar refractivity (Wildman–Crippen MR) is 127 cm³/mol. The molecule has 6 heteroatoms. The molecule has 2 atom stereocenters. The highest BCUT2D eigenvalue weighted by molar-refractivity contribution is 5.78. The summed E-state index contributed by atoms with van der Waals surface area (Å²) in [6.07, 6.45) is 4.67. The Morgan fingerprint density at radius 3 is 2.70 bits per heavy atom. The van der Waals surface area contributed by atoms with Gasteiger partial charge in [-0.05, 0) is 48.7 Å². The summed E-state index contributed by atoms with van der Waals surface area (Å²) >= 11 is 0. The van der Waals surface area contributed by atoms with Crippen LogP contribution in [-0.4, -0.2) is 21.3 Å². The highest BCUT2D eigenvalue weighted by Crippen LogP contribution is 2.31. The quantitative estimate of drug-likeness (QED) is 0.371. The minimum absolute atomic E-state index is 0.0748. The molecular formula is C27H28FN3O2. The van der Waals surface area contributed by atoms with Gasteiger partial charge in [0.15, 0.2) is 11.4 Å². The highest BCUT2D eigenvalue weighted by atomic mass is 19.1. The van der Waals surface area contributed by atoms with Gasteiger partial charge < -0.3 is 14.5 Å². The lowest BCUT2D eigenvalue weighted by Crippen LogP contribution is -2.33. The number of nitrogens with one attached hydrogen (secondary N) is 1. The van der Waals surface area contributed by atoms with Crippen LogP contribution in [0.1, 0.15) is 49.4 Å². The van der Waals surface area contributed by atoms with Crippen LogP contribution in [0.5, 0.6) is 5.75 Å². The van der Waals surface area contributed by atoms with Crippen LogP contribution >= 0.6 is 0 Å². The van der Waals surface area contributed by atoms with Gasteiger partial charge in [0.2, 0.25) is 5.91 Å². The van der Waals surface area contributed by atoms with E-state index in [-0.39, 0.29) is 30.1 Å². The van der Waals surface area contributed by atoms with Crippen molar-refractivity contribution >= 4 is 11.6 Å². The smallest absolute Gasteiger partial charge is 0.221 e. The molecule has 1 N–H and O–H groups in total. The minimum atomic E-state index is -0.357. The number of amides is 1. The van der Waals surface area contributed by atoms with E-state index in [0.717, 1.165) is 23.2 Å². The Balaban J connectivity index is 1.67. The molecule has 0 aliphatic rings. The fourth-order valence-corrected chi connectivity index (χ4v) is 3.85. The summed E-state index contributed by atoms with van der Waals surface area (Å²) in [6.45, 7) is 4.42. The summed E-state index contributed by atoms with van der Waals surface area (Å²) in [5.74, 6) is -0.121. The van der Waals surface area contributed by atoms with Crippen LogP contribution in [0.15, 0.2) is 79.1 Å². The van der Waals surface area contributed by atoms with Crippen molar-refractivity contribution in [2.24, 2.45) is 0 Å². The SMILES string of the molecule is CCC(C)NC(=O)CC(c1cccc(F)c1)c1cnc2c(OCc3ccccc3)cccn12. The van der Waals surface area contributed by atoms with Gasteiger partial charge >= 0.3 is 0 Å². The standard InChI is InChI=1S/C27H28FN3O2/c1-3-19(2)30-26(32)16-23(21-11-7-12-22(28)15-21)24-17-29-27-25(13-8-14-31(24)27)33-18-20-9-5-4-6-10-20/h4-15,17,19,23H,3,16,18H2,1-2H3,(H,30,32). The van der Waals surface area contributed by atoms with Crippen molar-refractivity contribution in [2.75, 3.05) is 0 Å². The Morgan fingerprint density at radius 2 is 1.94 bits per heavy atom. The van der Waals surface area contributed by atoms with E-state index < -0.39 is 0 Å². The number of hydrogen-bond donors (Lipinski definition) is 1. The van der Waals surface area contributed by atoms with Crippen molar-refractivity contribution in [3.63, 3.8) is 0 Å². The van der Waals surface area contributed by atoms with Crippen LogP contribution in [-0.2, 0) is 11.4 Å². The average molecular weight is 446 g/mol. The van der Waals surface area contributed by atoms with Gasteiger partial charge in [0.25, 0.3) is 0 Å². The van der Waals surface area contributed by atoms with Crippen LogP contribution in [0.25, 0.3) is 5.65 Å². The Hall–Kier alpha value is -3.67. The fourth-order valence-electron chi connectivity index (χ4n) is 3.85. The zero-order valence-corrected chi connectivity index (χ0v) is 18.9. The first-order valence-electron chi connectivity index (χ1n) is 11.2. The van der Waals surface area contributed by atoms with Crippen molar-refractivity contribution < 1.29 is 13.9 Å². The lowest BCUT2D eigenvalue weighted by Gasteiger charge is -2.19. The van der Waals surface area contributed by atoms with Gasteiger partial charge in [0, 0.05) is 30.8 Å². The van der Waals surface area contributed by atoms with Crippen molar-refractivity contribution in [3.05, 3.63) is 102 Å². The van der Waals surface area contributed by atoms with Crippen LogP contribution in [0, 0.1) is 5.82 Å². The second-order valence-corrected chi connectivity index (χ2v) is 8.21. The maximum atomic E-state index is 14.1. The lowest BCUT2D eigenvalue weighted by atomic mass is 9.92. The Labute approximate surface area is 193 Å². The molecule has 0 spiro atoms. The molecule has 0 fully saturated rings. The van der Waals surface area contributed by atoms with Crippen LogP contribution in [0.4, 0.5) is 4.39 Å².